The maximum absolute atomic E-state index is 12.6. The standard InChI is InChI=1S/C26H30N8O/c1-26(2,3)25(35)33-9-7-32(8-10-33)23-6-5-18(15-30-23)22-11-19(20(12-27)14-29-4)17-34-24(22)21(13-28)16-31-34/h5-6,11-12,14-17,27,29H,7-10H2,1-4H3/b20-14+,27-12?. The first kappa shape index (κ1) is 24.0. The van der Waals surface area contributed by atoms with E-state index < -0.39 is 0 Å². The molecular formula is C26H30N8O. The van der Waals surface area contributed by atoms with E-state index in [0.29, 0.717) is 29.7 Å². The highest BCUT2D eigenvalue weighted by atomic mass is 16.2. The first-order valence-electron chi connectivity index (χ1n) is 11.6. The van der Waals surface area contributed by atoms with E-state index in [1.807, 2.05) is 50.1 Å². The van der Waals surface area contributed by atoms with Crippen molar-refractivity contribution in [2.45, 2.75) is 20.8 Å². The van der Waals surface area contributed by atoms with E-state index in [4.69, 9.17) is 10.4 Å². The molecule has 0 atom stereocenters. The van der Waals surface area contributed by atoms with Crippen molar-refractivity contribution in [2.75, 3.05) is 38.1 Å². The van der Waals surface area contributed by atoms with E-state index >= 15 is 0 Å². The van der Waals surface area contributed by atoms with Gasteiger partial charge in [-0.2, -0.15) is 10.4 Å². The van der Waals surface area contributed by atoms with Gasteiger partial charge in [0.05, 0.1) is 17.3 Å². The summed E-state index contributed by atoms with van der Waals surface area (Å²) in [5.41, 5.74) is 3.97. The second-order valence-electron chi connectivity index (χ2n) is 9.57. The summed E-state index contributed by atoms with van der Waals surface area (Å²) in [5.74, 6) is 1.03. The third-order valence-electron chi connectivity index (χ3n) is 6.11. The van der Waals surface area contributed by atoms with E-state index in [-0.39, 0.29) is 11.3 Å². The highest BCUT2D eigenvalue weighted by Gasteiger charge is 2.30. The fraction of sp³-hybridized carbons (Fsp3) is 0.346. The van der Waals surface area contributed by atoms with Crippen LogP contribution in [0.4, 0.5) is 5.82 Å². The summed E-state index contributed by atoms with van der Waals surface area (Å²) in [4.78, 5) is 21.4. The molecule has 3 aromatic rings. The molecule has 0 aliphatic carbocycles. The Morgan fingerprint density at radius 2 is 1.94 bits per heavy atom. The van der Waals surface area contributed by atoms with E-state index in [2.05, 4.69) is 21.4 Å². The van der Waals surface area contributed by atoms with Crippen LogP contribution >= 0.6 is 0 Å². The lowest BCUT2D eigenvalue weighted by atomic mass is 9.94. The number of nitrogens with one attached hydrogen (secondary N) is 2. The molecule has 0 aromatic carbocycles. The molecule has 3 aromatic heterocycles. The highest BCUT2D eigenvalue weighted by Crippen LogP contribution is 2.31. The number of hydrogen-bond donors (Lipinski definition) is 2. The van der Waals surface area contributed by atoms with E-state index in [1.54, 1.807) is 30.2 Å². The van der Waals surface area contributed by atoms with Crippen molar-refractivity contribution in [3.8, 4) is 17.2 Å². The number of carbonyl (C=O) groups excluding carboxylic acids is 1. The summed E-state index contributed by atoms with van der Waals surface area (Å²) >= 11 is 0. The van der Waals surface area contributed by atoms with Crippen LogP contribution in [-0.4, -0.2) is 64.8 Å². The summed E-state index contributed by atoms with van der Waals surface area (Å²) in [6, 6.07) is 8.15. The minimum absolute atomic E-state index is 0.176. The van der Waals surface area contributed by atoms with Gasteiger partial charge in [0.2, 0.25) is 5.91 Å². The zero-order valence-corrected chi connectivity index (χ0v) is 20.5. The monoisotopic (exact) mass is 470 g/mol. The lowest BCUT2D eigenvalue weighted by Gasteiger charge is -2.38. The zero-order valence-electron chi connectivity index (χ0n) is 20.5. The van der Waals surface area contributed by atoms with Crippen LogP contribution in [0, 0.1) is 22.2 Å². The van der Waals surface area contributed by atoms with E-state index in [0.717, 1.165) is 35.6 Å². The van der Waals surface area contributed by atoms with Gasteiger partial charge in [-0.15, -0.1) is 0 Å². The van der Waals surface area contributed by atoms with Crippen LogP contribution in [0.5, 0.6) is 0 Å². The van der Waals surface area contributed by atoms with Gasteiger partial charge >= 0.3 is 0 Å². The minimum Gasteiger partial charge on any atom is -0.393 e. The number of carbonyl (C=O) groups is 1. The lowest BCUT2D eigenvalue weighted by molar-refractivity contribution is -0.139. The Kier molecular flexibility index (Phi) is 6.56. The van der Waals surface area contributed by atoms with Gasteiger partial charge in [-0.25, -0.2) is 9.50 Å². The van der Waals surface area contributed by atoms with Crippen LogP contribution in [0.2, 0.25) is 0 Å². The summed E-state index contributed by atoms with van der Waals surface area (Å²) in [7, 11) is 1.78. The number of hydrogen-bond acceptors (Lipinski definition) is 7. The molecule has 4 heterocycles. The normalized spacial score (nSPS) is 14.7. The van der Waals surface area contributed by atoms with Gasteiger partial charge in [-0.3, -0.25) is 4.79 Å². The van der Waals surface area contributed by atoms with Gasteiger partial charge < -0.3 is 20.5 Å². The topological polar surface area (TPSA) is 113 Å². The second kappa shape index (κ2) is 9.58. The van der Waals surface area contributed by atoms with Crippen LogP contribution in [-0.2, 0) is 4.79 Å². The third kappa shape index (κ3) is 4.73. The van der Waals surface area contributed by atoms with Crippen LogP contribution in [0.15, 0.2) is 43.0 Å². The van der Waals surface area contributed by atoms with E-state index in [9.17, 15) is 10.1 Å². The van der Waals surface area contributed by atoms with Crippen molar-refractivity contribution >= 4 is 29.0 Å². The molecule has 1 aliphatic heterocycles. The fourth-order valence-corrected chi connectivity index (χ4v) is 4.29. The second-order valence-corrected chi connectivity index (χ2v) is 9.57. The highest BCUT2D eigenvalue weighted by molar-refractivity contribution is 6.08. The molecule has 35 heavy (non-hydrogen) atoms. The summed E-state index contributed by atoms with van der Waals surface area (Å²) < 4.78 is 1.68. The van der Waals surface area contributed by atoms with Crippen LogP contribution in [0.25, 0.3) is 22.2 Å². The van der Waals surface area contributed by atoms with E-state index in [1.165, 1.54) is 6.21 Å². The third-order valence-corrected chi connectivity index (χ3v) is 6.11. The van der Waals surface area contributed by atoms with Gasteiger partial charge in [0.25, 0.3) is 0 Å². The van der Waals surface area contributed by atoms with Gasteiger partial charge in [-0.05, 0) is 18.2 Å². The van der Waals surface area contributed by atoms with Crippen LogP contribution < -0.4 is 10.2 Å². The molecule has 9 heteroatoms. The SMILES string of the molecule is CN/C=C(\C=N)c1cc(-c2ccc(N3CCN(C(=O)C(C)(C)C)CC3)nc2)c2c(C#N)cnn2c1. The average molecular weight is 471 g/mol. The molecule has 1 saturated heterocycles. The Hall–Kier alpha value is -4.19. The van der Waals surface area contributed by atoms with Crippen molar-refractivity contribution in [1.29, 1.82) is 10.7 Å². The largest absolute Gasteiger partial charge is 0.393 e. The average Bonchev–Trinajstić information content (AvgIpc) is 3.29. The van der Waals surface area contributed by atoms with Crippen molar-refractivity contribution < 1.29 is 4.79 Å². The Bertz CT molecular complexity index is 1320. The molecule has 1 aliphatic rings. The number of pyridine rings is 2. The Labute approximate surface area is 205 Å². The van der Waals surface area contributed by atoms with Gasteiger partial charge in [0.15, 0.2) is 0 Å². The Morgan fingerprint density at radius 1 is 1.20 bits per heavy atom. The quantitative estimate of drug-likeness (QED) is 0.554. The van der Waals surface area contributed by atoms with Crippen molar-refractivity contribution in [3.63, 3.8) is 0 Å². The van der Waals surface area contributed by atoms with Crippen LogP contribution in [0.3, 0.4) is 0 Å². The number of nitriles is 1. The molecule has 4 rings (SSSR count). The molecule has 1 amide bonds. The lowest BCUT2D eigenvalue weighted by Crippen LogP contribution is -2.51. The van der Waals surface area contributed by atoms with Gasteiger partial charge in [0, 0.05) is 85.7 Å². The number of piperazine rings is 1. The maximum Gasteiger partial charge on any atom is 0.228 e. The molecular weight excluding hydrogens is 440 g/mol. The molecule has 2 N–H and O–H groups in total. The molecule has 0 unspecified atom stereocenters. The summed E-state index contributed by atoms with van der Waals surface area (Å²) in [6.07, 6.45) is 8.20. The smallest absolute Gasteiger partial charge is 0.228 e. The fourth-order valence-electron chi connectivity index (χ4n) is 4.29. The Balaban J connectivity index is 1.64. The number of nitrogens with zero attached hydrogens (tertiary/aromatic N) is 6. The number of amides is 1. The number of rotatable bonds is 5. The number of fused-ring (bicyclic) bond motifs is 1. The maximum atomic E-state index is 12.6. The van der Waals surface area contributed by atoms with Crippen molar-refractivity contribution in [3.05, 3.63) is 54.1 Å². The molecule has 0 bridgehead atoms. The van der Waals surface area contributed by atoms with Gasteiger partial charge in [0.1, 0.15) is 11.9 Å². The summed E-state index contributed by atoms with van der Waals surface area (Å²) in [5, 5.41) is 24.7. The number of anilines is 1. The molecule has 180 valence electrons. The predicted molar refractivity (Wildman–Crippen MR) is 137 cm³/mol. The first-order chi connectivity index (χ1) is 16.8. The van der Waals surface area contributed by atoms with Crippen molar-refractivity contribution in [1.82, 2.24) is 24.8 Å². The minimum atomic E-state index is -0.377. The predicted octanol–water partition coefficient (Wildman–Crippen LogP) is 3.17. The molecule has 9 nitrogen and oxygen atoms in total. The summed E-state index contributed by atoms with van der Waals surface area (Å²) in [6.45, 7) is 8.66. The molecule has 0 saturated carbocycles. The zero-order chi connectivity index (χ0) is 25.2. The van der Waals surface area contributed by atoms with Crippen LogP contribution in [0.1, 0.15) is 31.9 Å². The molecule has 0 spiro atoms. The number of allylic oxidation sites excluding steroid dienone is 1. The van der Waals surface area contributed by atoms with Crippen molar-refractivity contribution in [2.24, 2.45) is 5.41 Å². The van der Waals surface area contributed by atoms with Gasteiger partial charge in [-0.1, -0.05) is 20.8 Å². The molecule has 1 fully saturated rings. The first-order valence-corrected chi connectivity index (χ1v) is 11.6. The number of aromatic nitrogens is 3. The molecule has 0 radical (unpaired) electrons. The Morgan fingerprint density at radius 3 is 2.51 bits per heavy atom.